The predicted octanol–water partition coefficient (Wildman–Crippen LogP) is 0.0402. The van der Waals surface area contributed by atoms with Crippen molar-refractivity contribution < 1.29 is 38.4 Å². The van der Waals surface area contributed by atoms with E-state index < -0.39 is 83.6 Å². The molecule has 6 unspecified atom stereocenters. The highest BCUT2D eigenvalue weighted by Gasteiger charge is 2.42. The molecule has 2 bridgehead atoms. The minimum atomic E-state index is -1.38. The Labute approximate surface area is 409 Å². The van der Waals surface area contributed by atoms with Crippen LogP contribution in [-0.4, -0.2) is 139 Å². The minimum Gasteiger partial charge on any atom is -0.370 e. The van der Waals surface area contributed by atoms with Crippen molar-refractivity contribution >= 4 is 96.6 Å². The van der Waals surface area contributed by atoms with E-state index >= 15 is 0 Å². The second kappa shape index (κ2) is 23.1. The number of urea groups is 1. The zero-order valence-corrected chi connectivity index (χ0v) is 39.6. The summed E-state index contributed by atoms with van der Waals surface area (Å²) in [4.78, 5) is 128. The van der Waals surface area contributed by atoms with E-state index in [1.807, 2.05) is 60.7 Å². The molecule has 24 heteroatoms. The van der Waals surface area contributed by atoms with Gasteiger partial charge in [0.1, 0.15) is 42.8 Å². The van der Waals surface area contributed by atoms with Crippen LogP contribution in [0.1, 0.15) is 36.6 Å². The Hall–Kier alpha value is -7.60. The van der Waals surface area contributed by atoms with Crippen molar-refractivity contribution in [1.29, 1.82) is 0 Å². The van der Waals surface area contributed by atoms with Crippen molar-refractivity contribution in [2.45, 2.75) is 75.3 Å². The molecule has 5 aromatic rings. The zero-order chi connectivity index (χ0) is 49.9. The number of hydrogen-bond acceptors (Lipinski definition) is 12. The van der Waals surface area contributed by atoms with E-state index in [1.54, 1.807) is 12.3 Å². The Balaban J connectivity index is 1.26. The van der Waals surface area contributed by atoms with Crippen LogP contribution >= 0.6 is 21.6 Å². The Morgan fingerprint density at radius 3 is 2.13 bits per heavy atom. The number of nitrogens with one attached hydrogen (secondary N) is 7. The number of amides is 9. The average Bonchev–Trinajstić information content (AvgIpc) is 4.08. The van der Waals surface area contributed by atoms with Crippen molar-refractivity contribution in [3.8, 4) is 0 Å². The summed E-state index contributed by atoms with van der Waals surface area (Å²) in [5.41, 5.74) is 19.5. The van der Waals surface area contributed by atoms with Crippen molar-refractivity contribution in [2.24, 2.45) is 22.2 Å². The normalized spacial score (nSPS) is 22.5. The fourth-order valence-electron chi connectivity index (χ4n) is 8.10. The van der Waals surface area contributed by atoms with E-state index in [-0.39, 0.29) is 62.8 Å². The average molecular weight is 995 g/mol. The standard InChI is InChI=1S/C46H54N14O8S2/c1-25-40(63)55-36(18-30-20-50-23-53-30)44(67)56-34(16-26-12-13-27-7-2-3-8-28(27)15-26)42(65)54-33(11-6-14-51-45(48)49)41(64)57-35(17-29-19-52-32-10-5-4-9-31(29)32)43(66)58-37(39(47)62)22-69-70-24-59-21-38(61)60(25)46(59)68/h2-5,7-10,12-13,15,19-20,23,25,33-37,52H,6,11,14,16-18,21-22,24H2,1H3,(H2,47,62)(H,50,53)(H,54,65)(H,55,63)(H,56,67)(H,57,64)(H,58,66)(H4,48,49,51). The molecule has 2 aromatic heterocycles. The molecule has 2 aliphatic rings. The van der Waals surface area contributed by atoms with Crippen molar-refractivity contribution in [2.75, 3.05) is 24.7 Å². The van der Waals surface area contributed by atoms with E-state index in [4.69, 9.17) is 17.2 Å². The third kappa shape index (κ3) is 12.7. The summed E-state index contributed by atoms with van der Waals surface area (Å²) >= 11 is 0. The summed E-state index contributed by atoms with van der Waals surface area (Å²) in [6, 6.07) is 11.6. The highest BCUT2D eigenvalue weighted by molar-refractivity contribution is 8.76. The molecule has 0 radical (unpaired) electrons. The predicted molar refractivity (Wildman–Crippen MR) is 264 cm³/mol. The molecule has 22 nitrogen and oxygen atoms in total. The molecule has 13 N–H and O–H groups in total. The third-order valence-corrected chi connectivity index (χ3v) is 14.1. The second-order valence-corrected chi connectivity index (χ2v) is 19.3. The van der Waals surface area contributed by atoms with Gasteiger partial charge in [-0.2, -0.15) is 0 Å². The lowest BCUT2D eigenvalue weighted by Crippen LogP contribution is -2.60. The monoisotopic (exact) mass is 994 g/mol. The first-order chi connectivity index (χ1) is 33.6. The zero-order valence-electron chi connectivity index (χ0n) is 38.0. The number of aromatic nitrogens is 3. The van der Waals surface area contributed by atoms with Gasteiger partial charge < -0.3 is 58.7 Å². The lowest BCUT2D eigenvalue weighted by Gasteiger charge is -2.28. The number of nitrogens with two attached hydrogens (primary N) is 3. The molecule has 2 saturated heterocycles. The maximum atomic E-state index is 14.8. The molecule has 9 amide bonds. The molecule has 0 saturated carbocycles. The minimum absolute atomic E-state index is 0.0362. The van der Waals surface area contributed by atoms with Gasteiger partial charge in [0.2, 0.25) is 35.4 Å². The number of imidazole rings is 1. The van der Waals surface area contributed by atoms with E-state index in [0.717, 1.165) is 48.2 Å². The number of primary amides is 1. The summed E-state index contributed by atoms with van der Waals surface area (Å²) < 4.78 is 0. The van der Waals surface area contributed by atoms with E-state index in [0.29, 0.717) is 16.8 Å². The van der Waals surface area contributed by atoms with Crippen molar-refractivity contribution in [3.63, 3.8) is 0 Å². The van der Waals surface area contributed by atoms with Crippen LogP contribution in [0.4, 0.5) is 4.79 Å². The Kier molecular flexibility index (Phi) is 16.6. The molecule has 7 rings (SSSR count). The van der Waals surface area contributed by atoms with Gasteiger partial charge in [-0.05, 0) is 47.7 Å². The molecule has 368 valence electrons. The molecular formula is C46H54N14O8S2. The first kappa shape index (κ1) is 50.3. The number of guanidine groups is 1. The van der Waals surface area contributed by atoms with Gasteiger partial charge in [0.25, 0.3) is 5.91 Å². The number of benzene rings is 3. The van der Waals surface area contributed by atoms with Gasteiger partial charge in [-0.15, -0.1) is 0 Å². The molecule has 0 aliphatic carbocycles. The van der Waals surface area contributed by atoms with Crippen LogP contribution in [0.3, 0.4) is 0 Å². The molecule has 4 heterocycles. The van der Waals surface area contributed by atoms with Gasteiger partial charge in [-0.3, -0.25) is 43.5 Å². The van der Waals surface area contributed by atoms with Crippen LogP contribution < -0.4 is 43.8 Å². The number of rotatable bonds is 11. The number of fused-ring (bicyclic) bond motifs is 4. The van der Waals surface area contributed by atoms with Gasteiger partial charge in [-0.25, -0.2) is 9.78 Å². The highest BCUT2D eigenvalue weighted by atomic mass is 33.1. The molecule has 2 fully saturated rings. The lowest BCUT2D eigenvalue weighted by molar-refractivity contribution is -0.136. The quantitative estimate of drug-likeness (QED) is 0.0275. The van der Waals surface area contributed by atoms with Gasteiger partial charge in [-0.1, -0.05) is 82.3 Å². The van der Waals surface area contributed by atoms with E-state index in [2.05, 4.69) is 46.5 Å². The third-order valence-electron chi connectivity index (χ3n) is 11.8. The number of nitrogens with zero attached hydrogens (tertiary/aromatic N) is 4. The van der Waals surface area contributed by atoms with Crippen molar-refractivity contribution in [1.82, 2.24) is 51.3 Å². The molecule has 6 atom stereocenters. The van der Waals surface area contributed by atoms with Gasteiger partial charge in [0.05, 0.1) is 12.2 Å². The van der Waals surface area contributed by atoms with Crippen LogP contribution in [0.25, 0.3) is 21.7 Å². The van der Waals surface area contributed by atoms with Gasteiger partial charge >= 0.3 is 6.03 Å². The fraction of sp³-hybridized carbons (Fsp3) is 0.348. The summed E-state index contributed by atoms with van der Waals surface area (Å²) in [5.74, 6) is -5.81. The second-order valence-electron chi connectivity index (χ2n) is 16.8. The number of aromatic amines is 2. The number of imide groups is 1. The summed E-state index contributed by atoms with van der Waals surface area (Å²) in [7, 11) is 2.20. The van der Waals surface area contributed by atoms with Crippen LogP contribution in [0, 0.1) is 0 Å². The largest absolute Gasteiger partial charge is 0.370 e. The number of para-hydroxylation sites is 1. The first-order valence-corrected chi connectivity index (χ1v) is 24.9. The molecule has 3 aromatic carbocycles. The van der Waals surface area contributed by atoms with E-state index in [1.165, 1.54) is 24.3 Å². The van der Waals surface area contributed by atoms with Crippen LogP contribution in [0.15, 0.2) is 90.4 Å². The smallest absolute Gasteiger partial charge is 0.328 e. The maximum Gasteiger partial charge on any atom is 0.328 e. The highest BCUT2D eigenvalue weighted by Crippen LogP contribution is 2.27. The molecule has 2 aliphatic heterocycles. The van der Waals surface area contributed by atoms with E-state index in [9.17, 15) is 38.4 Å². The maximum absolute atomic E-state index is 14.8. The van der Waals surface area contributed by atoms with Crippen LogP contribution in [-0.2, 0) is 52.8 Å². The fourth-order valence-corrected chi connectivity index (χ4v) is 10.3. The van der Waals surface area contributed by atoms with Crippen LogP contribution in [0.2, 0.25) is 0 Å². The van der Waals surface area contributed by atoms with Crippen LogP contribution in [0.5, 0.6) is 0 Å². The molecule has 0 spiro atoms. The number of carbonyl (C=O) groups excluding carboxylic acids is 8. The topological polar surface area (TPSA) is 338 Å². The van der Waals surface area contributed by atoms with Gasteiger partial charge in [0, 0.05) is 60.6 Å². The summed E-state index contributed by atoms with van der Waals surface area (Å²) in [6.07, 6.45) is 4.41. The lowest BCUT2D eigenvalue weighted by atomic mass is 9.99. The summed E-state index contributed by atoms with van der Waals surface area (Å²) in [5, 5.41) is 16.3. The number of hydrogen-bond donors (Lipinski definition) is 10. The van der Waals surface area contributed by atoms with Crippen molar-refractivity contribution in [3.05, 3.63) is 102 Å². The Morgan fingerprint density at radius 2 is 1.40 bits per heavy atom. The number of H-pyrrole nitrogens is 2. The Bertz CT molecular complexity index is 2780. The SMILES string of the molecule is CC1C(=O)NC(Cc2cnc[nH]2)C(=O)NC(Cc2ccc3ccccc3c2)C(=O)NC(CCCN=C(N)N)C(=O)NC(Cc2c[nH]c3ccccc23)C(=O)NC(C(N)=O)CSSCN2CC(=O)N1C2=O. The Morgan fingerprint density at radius 1 is 0.743 bits per heavy atom. The molecular weight excluding hydrogens is 941 g/mol. The first-order valence-electron chi connectivity index (χ1n) is 22.4. The summed E-state index contributed by atoms with van der Waals surface area (Å²) in [6.45, 7) is 1.08. The molecule has 70 heavy (non-hydrogen) atoms. The van der Waals surface area contributed by atoms with Gasteiger partial charge in [0.15, 0.2) is 5.96 Å². The number of aliphatic imine (C=N–C) groups is 1. The number of carbonyl (C=O) groups is 8.